The van der Waals surface area contributed by atoms with E-state index in [1.807, 2.05) is 0 Å². The second-order valence-electron chi connectivity index (χ2n) is 9.73. The van der Waals surface area contributed by atoms with Crippen molar-refractivity contribution in [3.05, 3.63) is 76.4 Å². The number of amides is 2. The maximum atomic E-state index is 13.8. The van der Waals surface area contributed by atoms with E-state index < -0.39 is 29.0 Å². The van der Waals surface area contributed by atoms with Crippen LogP contribution >= 0.6 is 0 Å². The number of nitro benzene ring substituents is 1. The molecule has 2 aromatic rings. The van der Waals surface area contributed by atoms with E-state index in [4.69, 9.17) is 4.74 Å². The van der Waals surface area contributed by atoms with Gasteiger partial charge in [-0.1, -0.05) is 31.4 Å². The lowest BCUT2D eigenvalue weighted by Gasteiger charge is -2.41. The molecule has 2 N–H and O–H groups in total. The fourth-order valence-electron chi connectivity index (χ4n) is 5.60. The Hall–Kier alpha value is -3.76. The molecule has 2 aliphatic heterocycles. The van der Waals surface area contributed by atoms with Gasteiger partial charge in [0.2, 0.25) is 11.8 Å². The van der Waals surface area contributed by atoms with Crippen molar-refractivity contribution in [2.75, 3.05) is 12.5 Å². The summed E-state index contributed by atoms with van der Waals surface area (Å²) < 4.78 is 5.24. The smallest absolute Gasteiger partial charge is 0.269 e. The number of nitrogens with one attached hydrogen (secondary N) is 1. The molecule has 1 aliphatic carbocycles. The molecule has 2 heterocycles. The minimum absolute atomic E-state index is 0.0805. The normalized spacial score (nSPS) is 25.1. The molecule has 3 aliphatic rings. The molecule has 194 valence electrons. The Morgan fingerprint density at radius 2 is 1.68 bits per heavy atom. The summed E-state index contributed by atoms with van der Waals surface area (Å²) in [6.45, 7) is 0. The van der Waals surface area contributed by atoms with Gasteiger partial charge in [-0.2, -0.15) is 0 Å². The highest BCUT2D eigenvalue weighted by atomic mass is 16.6. The molecule has 4 atom stereocenters. The van der Waals surface area contributed by atoms with E-state index in [9.17, 15) is 24.8 Å². The lowest BCUT2D eigenvalue weighted by molar-refractivity contribution is -0.384. The van der Waals surface area contributed by atoms with E-state index in [-0.39, 0.29) is 23.5 Å². The van der Waals surface area contributed by atoms with Crippen LogP contribution in [0.3, 0.4) is 0 Å². The first-order valence-electron chi connectivity index (χ1n) is 12.6. The fraction of sp³-hybridized carbons (Fsp3) is 0.407. The largest absolute Gasteiger partial charge is 0.497 e. The summed E-state index contributed by atoms with van der Waals surface area (Å²) in [6, 6.07) is 11.2. The number of aliphatic hydroxyl groups is 1. The number of likely N-dealkylation sites (tertiary alicyclic amines) is 1. The van der Waals surface area contributed by atoms with E-state index in [1.54, 1.807) is 48.5 Å². The summed E-state index contributed by atoms with van der Waals surface area (Å²) in [6.07, 6.45) is 7.04. The summed E-state index contributed by atoms with van der Waals surface area (Å²) in [5, 5.41) is 24.1. The van der Waals surface area contributed by atoms with Gasteiger partial charge in [-0.05, 0) is 54.8 Å². The number of nitro groups is 1. The molecular weight excluding hydrogens is 476 g/mol. The van der Waals surface area contributed by atoms with Crippen LogP contribution in [-0.4, -0.2) is 57.0 Å². The Morgan fingerprint density at radius 3 is 2.30 bits per heavy atom. The molecule has 1 saturated heterocycles. The number of carbonyl (C=O) groups excluding carboxylic acids is 2. The first-order chi connectivity index (χ1) is 17.9. The number of fused-ring (bicyclic) bond motifs is 1. The van der Waals surface area contributed by atoms with E-state index in [2.05, 4.69) is 5.43 Å². The van der Waals surface area contributed by atoms with E-state index >= 15 is 0 Å². The number of anilines is 1. The van der Waals surface area contributed by atoms with Crippen molar-refractivity contribution < 1.29 is 24.4 Å². The van der Waals surface area contributed by atoms with Crippen LogP contribution in [0, 0.1) is 16.0 Å². The van der Waals surface area contributed by atoms with Crippen molar-refractivity contribution >= 4 is 23.2 Å². The van der Waals surface area contributed by atoms with Crippen molar-refractivity contribution in [2.45, 2.75) is 56.3 Å². The number of non-ortho nitro benzene ring substituents is 1. The zero-order valence-corrected chi connectivity index (χ0v) is 20.5. The van der Waals surface area contributed by atoms with Gasteiger partial charge in [0.1, 0.15) is 11.8 Å². The molecule has 0 aromatic heterocycles. The Labute approximate surface area is 214 Å². The zero-order valence-electron chi connectivity index (χ0n) is 20.5. The van der Waals surface area contributed by atoms with Gasteiger partial charge in [0, 0.05) is 23.9 Å². The molecule has 0 spiro atoms. The van der Waals surface area contributed by atoms with Crippen molar-refractivity contribution in [1.82, 2.24) is 9.91 Å². The van der Waals surface area contributed by atoms with Gasteiger partial charge in [-0.25, -0.2) is 5.01 Å². The first kappa shape index (κ1) is 24.9. The molecule has 1 saturated carbocycles. The number of carbonyl (C=O) groups is 2. The highest BCUT2D eigenvalue weighted by Gasteiger charge is 2.55. The van der Waals surface area contributed by atoms with E-state index in [1.165, 1.54) is 29.2 Å². The third-order valence-electron chi connectivity index (χ3n) is 7.55. The minimum Gasteiger partial charge on any atom is -0.497 e. The van der Waals surface area contributed by atoms with Gasteiger partial charge in [-0.3, -0.25) is 24.6 Å². The standard InChI is InChI=1S/C27H30N4O6/c1-37-21-13-9-18(10-14-21)28-30-23(25(32)17-7-11-20(12-8-17)31(35)36)16-15-22-24(30)27(34)29(26(22)33)19-5-3-2-4-6-19/h7-16,19,22-25,28,32H,2-6H2,1H3. The Kier molecular flexibility index (Phi) is 6.94. The second-order valence-corrected chi connectivity index (χ2v) is 9.73. The molecule has 0 bridgehead atoms. The van der Waals surface area contributed by atoms with Crippen LogP contribution in [-0.2, 0) is 9.59 Å². The maximum absolute atomic E-state index is 13.8. The molecule has 0 radical (unpaired) electrons. The minimum atomic E-state index is -1.12. The molecule has 2 fully saturated rings. The Balaban J connectivity index is 1.48. The molecule has 4 unspecified atom stereocenters. The Bertz CT molecular complexity index is 1190. The zero-order chi connectivity index (χ0) is 26.1. The first-order valence-corrected chi connectivity index (χ1v) is 12.6. The summed E-state index contributed by atoms with van der Waals surface area (Å²) in [7, 11) is 1.57. The number of rotatable bonds is 7. The van der Waals surface area contributed by atoms with Crippen LogP contribution in [0.5, 0.6) is 5.75 Å². The molecular formula is C27H30N4O6. The predicted molar refractivity (Wildman–Crippen MR) is 135 cm³/mol. The molecule has 2 aromatic carbocycles. The Morgan fingerprint density at radius 1 is 1.00 bits per heavy atom. The van der Waals surface area contributed by atoms with Crippen LogP contribution in [0.1, 0.15) is 43.8 Å². The number of benzene rings is 2. The van der Waals surface area contributed by atoms with Crippen molar-refractivity contribution in [1.29, 1.82) is 0 Å². The number of nitrogens with zero attached hydrogens (tertiary/aromatic N) is 3. The van der Waals surface area contributed by atoms with Gasteiger partial charge >= 0.3 is 0 Å². The van der Waals surface area contributed by atoms with Crippen molar-refractivity contribution in [3.8, 4) is 5.75 Å². The topological polar surface area (TPSA) is 125 Å². The number of hydrogen-bond acceptors (Lipinski definition) is 8. The average Bonchev–Trinajstić information content (AvgIpc) is 3.19. The predicted octanol–water partition coefficient (Wildman–Crippen LogP) is 3.59. The number of hydrogen-bond donors (Lipinski definition) is 2. The average molecular weight is 507 g/mol. The van der Waals surface area contributed by atoms with Gasteiger partial charge in [0.05, 0.1) is 30.1 Å². The number of imide groups is 1. The lowest BCUT2D eigenvalue weighted by atomic mass is 9.90. The number of hydrazine groups is 1. The van der Waals surface area contributed by atoms with Crippen LogP contribution < -0.4 is 10.2 Å². The van der Waals surface area contributed by atoms with Crippen LogP contribution in [0.15, 0.2) is 60.7 Å². The highest BCUT2D eigenvalue weighted by molar-refractivity contribution is 6.08. The third kappa shape index (κ3) is 4.70. The number of methoxy groups -OCH3 is 1. The lowest BCUT2D eigenvalue weighted by Crippen LogP contribution is -2.56. The molecule has 5 rings (SSSR count). The van der Waals surface area contributed by atoms with E-state index in [0.29, 0.717) is 17.0 Å². The fourth-order valence-corrected chi connectivity index (χ4v) is 5.60. The second kappa shape index (κ2) is 10.3. The van der Waals surface area contributed by atoms with Gasteiger partial charge in [0.25, 0.3) is 5.69 Å². The van der Waals surface area contributed by atoms with Crippen LogP contribution in [0.25, 0.3) is 0 Å². The van der Waals surface area contributed by atoms with Crippen LogP contribution in [0.4, 0.5) is 11.4 Å². The monoisotopic (exact) mass is 506 g/mol. The summed E-state index contributed by atoms with van der Waals surface area (Å²) >= 11 is 0. The summed E-state index contributed by atoms with van der Waals surface area (Å²) in [5.41, 5.74) is 4.31. The number of ether oxygens (including phenoxy) is 1. The molecule has 10 heteroatoms. The third-order valence-corrected chi connectivity index (χ3v) is 7.55. The van der Waals surface area contributed by atoms with Gasteiger partial charge < -0.3 is 15.3 Å². The quantitative estimate of drug-likeness (QED) is 0.253. The molecule has 10 nitrogen and oxygen atoms in total. The SMILES string of the molecule is COc1ccc(NN2C(C(O)c3ccc([N+](=O)[O-])cc3)C=CC3C(=O)N(C4CCCCC4)C(=O)C32)cc1. The van der Waals surface area contributed by atoms with Gasteiger partial charge in [-0.15, -0.1) is 0 Å². The highest BCUT2D eigenvalue weighted by Crippen LogP contribution is 2.39. The maximum Gasteiger partial charge on any atom is 0.269 e. The summed E-state index contributed by atoms with van der Waals surface area (Å²) in [5.74, 6) is -0.475. The van der Waals surface area contributed by atoms with Crippen LogP contribution in [0.2, 0.25) is 0 Å². The van der Waals surface area contributed by atoms with Crippen molar-refractivity contribution in [3.63, 3.8) is 0 Å². The van der Waals surface area contributed by atoms with Gasteiger partial charge in [0.15, 0.2) is 0 Å². The summed E-state index contributed by atoms with van der Waals surface area (Å²) in [4.78, 5) is 39.2. The number of aliphatic hydroxyl groups excluding tert-OH is 1. The van der Waals surface area contributed by atoms with E-state index in [0.717, 1.165) is 32.1 Å². The van der Waals surface area contributed by atoms with Crippen molar-refractivity contribution in [2.24, 2.45) is 5.92 Å². The molecule has 2 amide bonds. The molecule has 37 heavy (non-hydrogen) atoms.